The van der Waals surface area contributed by atoms with Gasteiger partial charge in [-0.1, -0.05) is 55.1 Å². The minimum Gasteiger partial charge on any atom is -0.298 e. The SMILES string of the molecule is COO.COO.Cc1ccc(Br)c(C(F)F)c1.Cc1ccc(Br)c(C=O)c1. The number of carbonyl (C=O) groups is 1. The standard InChI is InChI=1S/C8H7BrF2.C8H7BrO.2CH4O2/c1-5-2-3-7(9)6(4-5)8(10)11;1-6-2-3-8(9)7(4-6)5-10;2*1-3-2/h2-4,8H,1H3;2-5H,1H3;2*2H,1H3. The lowest BCUT2D eigenvalue weighted by atomic mass is 10.1. The fourth-order valence-corrected chi connectivity index (χ4v) is 2.34. The van der Waals surface area contributed by atoms with E-state index >= 15 is 0 Å². The molecule has 0 saturated carbocycles. The highest BCUT2D eigenvalue weighted by Crippen LogP contribution is 2.27. The van der Waals surface area contributed by atoms with E-state index in [0.717, 1.165) is 21.9 Å². The molecule has 2 aromatic rings. The molecule has 0 radical (unpaired) electrons. The predicted molar refractivity (Wildman–Crippen MR) is 107 cm³/mol. The maximum atomic E-state index is 12.2. The molecule has 0 aliphatic rings. The number of carbonyl (C=O) groups excluding carboxylic acids is 1. The topological polar surface area (TPSA) is 76.0 Å². The third-order valence-corrected chi connectivity index (χ3v) is 4.11. The Morgan fingerprint density at radius 2 is 1.33 bits per heavy atom. The Morgan fingerprint density at radius 3 is 1.67 bits per heavy atom. The van der Waals surface area contributed by atoms with Crippen LogP contribution in [0.2, 0.25) is 0 Å². The van der Waals surface area contributed by atoms with Crippen LogP contribution in [-0.4, -0.2) is 31.0 Å². The van der Waals surface area contributed by atoms with E-state index in [2.05, 4.69) is 41.6 Å². The van der Waals surface area contributed by atoms with Crippen LogP contribution in [0, 0.1) is 13.8 Å². The Kier molecular flexibility index (Phi) is 17.5. The fraction of sp³-hybridized carbons (Fsp3) is 0.278. The van der Waals surface area contributed by atoms with Gasteiger partial charge in [-0.2, -0.15) is 0 Å². The number of hydrogen-bond donors (Lipinski definition) is 2. The second-order valence-corrected chi connectivity index (χ2v) is 6.54. The number of rotatable bonds is 2. The molecule has 0 aliphatic carbocycles. The summed E-state index contributed by atoms with van der Waals surface area (Å²) in [6.45, 7) is 3.75. The average molecular weight is 516 g/mol. The van der Waals surface area contributed by atoms with Gasteiger partial charge >= 0.3 is 0 Å². The molecular weight excluding hydrogens is 494 g/mol. The van der Waals surface area contributed by atoms with Crippen LogP contribution in [0.1, 0.15) is 33.5 Å². The second-order valence-electron chi connectivity index (χ2n) is 4.83. The van der Waals surface area contributed by atoms with E-state index in [4.69, 9.17) is 10.5 Å². The molecule has 2 rings (SSSR count). The van der Waals surface area contributed by atoms with Gasteiger partial charge < -0.3 is 0 Å². The quantitative estimate of drug-likeness (QED) is 0.272. The molecule has 5 nitrogen and oxygen atoms in total. The lowest BCUT2D eigenvalue weighted by Crippen LogP contribution is -1.86. The summed E-state index contributed by atoms with van der Waals surface area (Å²) < 4.78 is 25.7. The lowest BCUT2D eigenvalue weighted by Gasteiger charge is -2.03. The van der Waals surface area contributed by atoms with Gasteiger partial charge in [0.25, 0.3) is 6.43 Å². The van der Waals surface area contributed by atoms with Crippen LogP contribution in [0.3, 0.4) is 0 Å². The summed E-state index contributed by atoms with van der Waals surface area (Å²) in [5, 5.41) is 14.1. The Bertz CT molecular complexity index is 668. The highest BCUT2D eigenvalue weighted by molar-refractivity contribution is 9.10. The van der Waals surface area contributed by atoms with Crippen LogP contribution < -0.4 is 0 Å². The van der Waals surface area contributed by atoms with Gasteiger partial charge in [-0.3, -0.25) is 15.3 Å². The highest BCUT2D eigenvalue weighted by atomic mass is 79.9. The highest BCUT2D eigenvalue weighted by Gasteiger charge is 2.10. The number of benzene rings is 2. The van der Waals surface area contributed by atoms with Crippen molar-refractivity contribution in [2.75, 3.05) is 14.2 Å². The van der Waals surface area contributed by atoms with Gasteiger partial charge in [0.2, 0.25) is 0 Å². The molecule has 0 atom stereocenters. The molecule has 152 valence electrons. The third-order valence-electron chi connectivity index (χ3n) is 2.67. The summed E-state index contributed by atoms with van der Waals surface area (Å²) >= 11 is 6.31. The van der Waals surface area contributed by atoms with Gasteiger partial charge in [-0.25, -0.2) is 18.6 Å². The van der Waals surface area contributed by atoms with Crippen LogP contribution in [0.15, 0.2) is 45.3 Å². The molecule has 0 aliphatic heterocycles. The Hall–Kier alpha value is -1.23. The van der Waals surface area contributed by atoms with E-state index in [1.165, 1.54) is 20.3 Å². The molecule has 0 saturated heterocycles. The Labute approximate surface area is 174 Å². The second kappa shape index (κ2) is 16.9. The van der Waals surface area contributed by atoms with Crippen molar-refractivity contribution in [1.82, 2.24) is 0 Å². The van der Waals surface area contributed by atoms with Crippen LogP contribution in [0.4, 0.5) is 8.78 Å². The minimum absolute atomic E-state index is 0.0602. The molecular formula is C18H22Br2F2O5. The summed E-state index contributed by atoms with van der Waals surface area (Å²) in [6.07, 6.45) is -1.55. The first kappa shape index (κ1) is 28.0. The minimum atomic E-state index is -2.40. The van der Waals surface area contributed by atoms with Crippen LogP contribution in [-0.2, 0) is 9.78 Å². The lowest BCUT2D eigenvalue weighted by molar-refractivity contribution is -0.215. The van der Waals surface area contributed by atoms with E-state index < -0.39 is 6.43 Å². The van der Waals surface area contributed by atoms with Gasteiger partial charge in [-0.15, -0.1) is 0 Å². The smallest absolute Gasteiger partial charge is 0.264 e. The summed E-state index contributed by atoms with van der Waals surface area (Å²) in [5.41, 5.74) is 2.72. The molecule has 2 aromatic carbocycles. The number of alkyl halides is 2. The van der Waals surface area contributed by atoms with E-state index in [0.29, 0.717) is 10.0 Å². The zero-order chi connectivity index (χ0) is 21.4. The number of halogens is 4. The van der Waals surface area contributed by atoms with Crippen molar-refractivity contribution in [3.05, 3.63) is 67.6 Å². The van der Waals surface area contributed by atoms with E-state index in [9.17, 15) is 13.6 Å². The van der Waals surface area contributed by atoms with Gasteiger partial charge in [0.1, 0.15) is 0 Å². The number of aryl methyl sites for hydroxylation is 2. The molecule has 0 amide bonds. The molecule has 0 heterocycles. The van der Waals surface area contributed by atoms with Gasteiger partial charge in [0.05, 0.1) is 14.2 Å². The van der Waals surface area contributed by atoms with E-state index in [1.54, 1.807) is 19.1 Å². The van der Waals surface area contributed by atoms with Crippen molar-refractivity contribution in [1.29, 1.82) is 0 Å². The average Bonchev–Trinajstić information content (AvgIpc) is 2.61. The van der Waals surface area contributed by atoms with Crippen molar-refractivity contribution >= 4 is 38.1 Å². The molecule has 27 heavy (non-hydrogen) atoms. The summed E-state index contributed by atoms with van der Waals surface area (Å²) in [5.74, 6) is 0. The molecule has 9 heteroatoms. The number of aldehydes is 1. The van der Waals surface area contributed by atoms with Crippen LogP contribution in [0.25, 0.3) is 0 Å². The molecule has 0 aromatic heterocycles. The Balaban J connectivity index is 0. The van der Waals surface area contributed by atoms with Crippen molar-refractivity contribution in [2.24, 2.45) is 0 Å². The van der Waals surface area contributed by atoms with Crippen LogP contribution in [0.5, 0.6) is 0 Å². The van der Waals surface area contributed by atoms with E-state index in [-0.39, 0.29) is 5.56 Å². The normalized spacial score (nSPS) is 9.15. The molecule has 0 bridgehead atoms. The van der Waals surface area contributed by atoms with Gasteiger partial charge in [0.15, 0.2) is 6.29 Å². The summed E-state index contributed by atoms with van der Waals surface area (Å²) in [4.78, 5) is 16.8. The predicted octanol–water partition coefficient (Wildman–Crippen LogP) is 6.48. The first-order valence-electron chi connectivity index (χ1n) is 7.29. The van der Waals surface area contributed by atoms with E-state index in [1.807, 2.05) is 25.1 Å². The van der Waals surface area contributed by atoms with Gasteiger partial charge in [-0.05, 0) is 38.1 Å². The molecule has 2 N–H and O–H groups in total. The number of hydrogen-bond acceptors (Lipinski definition) is 5. The zero-order valence-electron chi connectivity index (χ0n) is 15.2. The van der Waals surface area contributed by atoms with Crippen LogP contribution >= 0.6 is 31.9 Å². The maximum absolute atomic E-state index is 12.2. The monoisotopic (exact) mass is 514 g/mol. The summed E-state index contributed by atoms with van der Waals surface area (Å²) in [6, 6.07) is 10.6. The fourth-order valence-electron chi connectivity index (χ4n) is 1.58. The zero-order valence-corrected chi connectivity index (χ0v) is 18.4. The third kappa shape index (κ3) is 13.6. The largest absolute Gasteiger partial charge is 0.298 e. The van der Waals surface area contributed by atoms with Crippen molar-refractivity contribution in [3.63, 3.8) is 0 Å². The summed E-state index contributed by atoms with van der Waals surface area (Å²) in [7, 11) is 2.36. The van der Waals surface area contributed by atoms with Crippen molar-refractivity contribution < 1.29 is 33.9 Å². The molecule has 0 fully saturated rings. The van der Waals surface area contributed by atoms with Gasteiger partial charge in [0, 0.05) is 20.1 Å². The molecule has 0 unspecified atom stereocenters. The Morgan fingerprint density at radius 1 is 0.926 bits per heavy atom. The molecule has 0 spiro atoms. The van der Waals surface area contributed by atoms with Crippen molar-refractivity contribution in [3.8, 4) is 0 Å². The maximum Gasteiger partial charge on any atom is 0.264 e. The van der Waals surface area contributed by atoms with Crippen molar-refractivity contribution in [2.45, 2.75) is 20.3 Å². The first-order chi connectivity index (χ1) is 12.7. The first-order valence-corrected chi connectivity index (χ1v) is 8.87.